The van der Waals surface area contributed by atoms with Gasteiger partial charge in [0.25, 0.3) is 0 Å². The van der Waals surface area contributed by atoms with Crippen LogP contribution in [0.4, 0.5) is 74.6 Å². The molecule has 0 heterocycles. The molecule has 37 heavy (non-hydrogen) atoms. The van der Waals surface area contributed by atoms with Crippen LogP contribution in [0.2, 0.25) is 0 Å². The Balaban J connectivity index is 3.20. The lowest BCUT2D eigenvalue weighted by molar-refractivity contribution is -0.461. The van der Waals surface area contributed by atoms with Gasteiger partial charge in [-0.2, -0.15) is 74.6 Å². The maximum Gasteiger partial charge on any atom is 0.460 e. The van der Waals surface area contributed by atoms with Crippen LogP contribution in [0.5, 0.6) is 5.75 Å². The maximum absolute atomic E-state index is 13.8. The van der Waals surface area contributed by atoms with Gasteiger partial charge in [-0.15, -0.1) is 11.8 Å². The monoisotopic (exact) mass is 601 g/mol. The second-order valence-corrected chi connectivity index (χ2v) is 8.16. The molecule has 0 aliphatic carbocycles. The molecule has 0 radical (unpaired) electrons. The second-order valence-electron chi connectivity index (χ2n) is 7.28. The van der Waals surface area contributed by atoms with E-state index in [1.165, 1.54) is 36.0 Å². The smallest absolute Gasteiger partial charge is 0.460 e. The fraction of sp³-hybridized carbons (Fsp3) is 0.667. The molecule has 0 fully saturated rings. The molecule has 0 saturated carbocycles. The standard InChI is InChI=1S/C18H13F17OS/c1-37-10-5-3-9(4-6-10)36-8-2-7-11(19,20)12(21,22)13(23,24)14(25,26)15(27,28)16(29,30)17(31,32)18(33,34)35/h3-6H,2,7-8H2,1H3/i1+1. The number of rotatable bonds is 12. The highest BCUT2D eigenvalue weighted by Gasteiger charge is 2.95. The molecule has 216 valence electrons. The van der Waals surface area contributed by atoms with Crippen molar-refractivity contribution >= 4 is 11.8 Å². The molecule has 1 aromatic carbocycles. The van der Waals surface area contributed by atoms with Crippen molar-refractivity contribution < 1.29 is 79.4 Å². The Hall–Kier alpha value is -1.82. The average Bonchev–Trinajstić information content (AvgIpc) is 2.75. The molecule has 0 amide bonds. The predicted molar refractivity (Wildman–Crippen MR) is 93.6 cm³/mol. The normalized spacial score (nSPS) is 15.2. The van der Waals surface area contributed by atoms with Gasteiger partial charge in [0.15, 0.2) is 0 Å². The summed E-state index contributed by atoms with van der Waals surface area (Å²) in [5.41, 5.74) is 0. The van der Waals surface area contributed by atoms with Crippen molar-refractivity contribution in [2.45, 2.75) is 65.4 Å². The van der Waals surface area contributed by atoms with Crippen LogP contribution < -0.4 is 4.74 Å². The van der Waals surface area contributed by atoms with E-state index in [1.54, 1.807) is 6.26 Å². The fourth-order valence-electron chi connectivity index (χ4n) is 2.51. The summed E-state index contributed by atoms with van der Waals surface area (Å²) in [6.45, 7) is -0.974. The number of halogens is 17. The highest BCUT2D eigenvalue weighted by molar-refractivity contribution is 7.98. The predicted octanol–water partition coefficient (Wildman–Crippen LogP) is 8.58. The van der Waals surface area contributed by atoms with Crippen molar-refractivity contribution in [3.8, 4) is 5.75 Å². The third-order valence-electron chi connectivity index (χ3n) is 4.75. The molecule has 0 aromatic heterocycles. The van der Waals surface area contributed by atoms with Crippen molar-refractivity contribution in [3.63, 3.8) is 0 Å². The zero-order chi connectivity index (χ0) is 29.5. The highest BCUT2D eigenvalue weighted by Crippen LogP contribution is 2.64. The molecule has 0 saturated heterocycles. The molecule has 0 aliphatic heterocycles. The summed E-state index contributed by atoms with van der Waals surface area (Å²) >= 11 is 1.25. The number of ether oxygens (including phenoxy) is 1. The van der Waals surface area contributed by atoms with Gasteiger partial charge in [-0.05, 0) is 36.9 Å². The van der Waals surface area contributed by atoms with Crippen LogP contribution in [0.1, 0.15) is 12.8 Å². The van der Waals surface area contributed by atoms with E-state index in [0.29, 0.717) is 4.90 Å². The maximum atomic E-state index is 13.8. The number of hydrogen-bond donors (Lipinski definition) is 0. The van der Waals surface area contributed by atoms with Gasteiger partial charge in [-0.1, -0.05) is 0 Å². The first-order chi connectivity index (χ1) is 16.3. The zero-order valence-corrected chi connectivity index (χ0v) is 18.5. The third kappa shape index (κ3) is 5.37. The summed E-state index contributed by atoms with van der Waals surface area (Å²) in [5.74, 6) is -56.2. The molecular weight excluding hydrogens is 588 g/mol. The number of hydrogen-bond acceptors (Lipinski definition) is 2. The summed E-state index contributed by atoms with van der Waals surface area (Å²) in [6.07, 6.45) is -9.98. The lowest BCUT2D eigenvalue weighted by Gasteiger charge is -2.42. The van der Waals surface area contributed by atoms with E-state index >= 15 is 0 Å². The Morgan fingerprint density at radius 1 is 0.568 bits per heavy atom. The van der Waals surface area contributed by atoms with Crippen molar-refractivity contribution in [3.05, 3.63) is 24.3 Å². The molecule has 0 unspecified atom stereocenters. The minimum atomic E-state index is -8.62. The van der Waals surface area contributed by atoms with Gasteiger partial charge in [0, 0.05) is 11.3 Å². The molecule has 0 aliphatic rings. The largest absolute Gasteiger partial charge is 0.494 e. The van der Waals surface area contributed by atoms with Crippen LogP contribution in [0, 0.1) is 0 Å². The van der Waals surface area contributed by atoms with E-state index in [2.05, 4.69) is 0 Å². The number of alkyl halides is 17. The minimum Gasteiger partial charge on any atom is -0.494 e. The number of benzene rings is 1. The van der Waals surface area contributed by atoms with Crippen LogP contribution in [-0.4, -0.2) is 60.5 Å². The Morgan fingerprint density at radius 2 is 0.946 bits per heavy atom. The molecule has 0 bridgehead atoms. The molecule has 1 nitrogen and oxygen atoms in total. The van der Waals surface area contributed by atoms with Crippen LogP contribution in [0.15, 0.2) is 29.2 Å². The van der Waals surface area contributed by atoms with Gasteiger partial charge in [-0.3, -0.25) is 0 Å². The van der Waals surface area contributed by atoms with Gasteiger partial charge in [-0.25, -0.2) is 0 Å². The van der Waals surface area contributed by atoms with Gasteiger partial charge < -0.3 is 4.74 Å². The fourth-order valence-corrected chi connectivity index (χ4v) is 2.92. The Kier molecular flexibility index (Phi) is 9.02. The van der Waals surface area contributed by atoms with Crippen molar-refractivity contribution in [1.82, 2.24) is 0 Å². The Labute approximate surface area is 200 Å². The summed E-state index contributed by atoms with van der Waals surface area (Å²) in [5, 5.41) is 0. The molecule has 1 rings (SSSR count). The summed E-state index contributed by atoms with van der Waals surface area (Å²) in [4.78, 5) is 0.678. The molecule has 0 N–H and O–H groups in total. The summed E-state index contributed by atoms with van der Waals surface area (Å²) in [6, 6.07) is 5.35. The Bertz CT molecular complexity index is 908. The summed E-state index contributed by atoms with van der Waals surface area (Å²) in [7, 11) is 0. The summed E-state index contributed by atoms with van der Waals surface area (Å²) < 4.78 is 229. The third-order valence-corrected chi connectivity index (χ3v) is 5.49. The number of thioether (sulfide) groups is 1. The van der Waals surface area contributed by atoms with Crippen LogP contribution >= 0.6 is 11.8 Å². The van der Waals surface area contributed by atoms with Gasteiger partial charge in [0.05, 0.1) is 6.61 Å². The first-order valence-corrected chi connectivity index (χ1v) is 10.5. The highest BCUT2D eigenvalue weighted by atomic mass is 32.2. The first-order valence-electron chi connectivity index (χ1n) is 9.24. The van der Waals surface area contributed by atoms with Gasteiger partial charge in [0.1, 0.15) is 5.75 Å². The zero-order valence-electron chi connectivity index (χ0n) is 17.7. The van der Waals surface area contributed by atoms with Gasteiger partial charge >= 0.3 is 47.6 Å². The lowest BCUT2D eigenvalue weighted by atomic mass is 9.88. The van der Waals surface area contributed by atoms with Crippen molar-refractivity contribution in [1.29, 1.82) is 0 Å². The molecule has 1 aromatic rings. The molecule has 0 atom stereocenters. The average molecular weight is 601 g/mol. The van der Waals surface area contributed by atoms with E-state index in [4.69, 9.17) is 4.74 Å². The topological polar surface area (TPSA) is 9.23 Å². The SMILES string of the molecule is [13CH3]Sc1ccc(OCCCC(F)(F)C(F)(F)C(F)(F)C(F)(F)C(F)(F)C(F)(F)C(F)(F)C(F)(F)F)cc1. The first kappa shape index (κ1) is 33.2. The van der Waals surface area contributed by atoms with Crippen LogP contribution in [0.3, 0.4) is 0 Å². The van der Waals surface area contributed by atoms with E-state index in [1.807, 2.05) is 0 Å². The van der Waals surface area contributed by atoms with E-state index in [-0.39, 0.29) is 5.75 Å². The van der Waals surface area contributed by atoms with Gasteiger partial charge in [0.2, 0.25) is 0 Å². The molecular formula is C18H13F17OS. The van der Waals surface area contributed by atoms with E-state index in [0.717, 1.165) is 0 Å². The molecule has 19 heteroatoms. The van der Waals surface area contributed by atoms with E-state index < -0.39 is 67.1 Å². The quantitative estimate of drug-likeness (QED) is 0.103. The van der Waals surface area contributed by atoms with Crippen LogP contribution in [0.25, 0.3) is 0 Å². The Morgan fingerprint density at radius 3 is 1.32 bits per heavy atom. The molecule has 0 spiro atoms. The minimum absolute atomic E-state index is 0.0720. The van der Waals surface area contributed by atoms with E-state index in [9.17, 15) is 74.6 Å². The van der Waals surface area contributed by atoms with Crippen molar-refractivity contribution in [2.75, 3.05) is 12.9 Å². The van der Waals surface area contributed by atoms with Crippen molar-refractivity contribution in [2.24, 2.45) is 0 Å². The lowest BCUT2D eigenvalue weighted by Crippen LogP contribution is -2.74. The second kappa shape index (κ2) is 10.1. The van der Waals surface area contributed by atoms with Crippen LogP contribution in [-0.2, 0) is 0 Å².